The second-order valence-electron chi connectivity index (χ2n) is 5.07. The van der Waals surface area contributed by atoms with Crippen LogP contribution in [0.2, 0.25) is 5.02 Å². The lowest BCUT2D eigenvalue weighted by molar-refractivity contribution is -0.124. The minimum atomic E-state index is -3.10. The molecule has 1 aliphatic heterocycles. The molecule has 0 aromatic heterocycles. The highest BCUT2D eigenvalue weighted by Gasteiger charge is 2.32. The Morgan fingerprint density at radius 1 is 1.39 bits per heavy atom. The Balaban J connectivity index is 2.03. The van der Waals surface area contributed by atoms with Gasteiger partial charge in [-0.1, -0.05) is 11.6 Å². The van der Waals surface area contributed by atoms with E-state index in [1.807, 2.05) is 0 Å². The largest absolute Gasteiger partial charge is 0.493 e. The summed E-state index contributed by atoms with van der Waals surface area (Å²) in [6.45, 7) is 0. The summed E-state index contributed by atoms with van der Waals surface area (Å²) in [7, 11) is -0.138. The molecule has 1 aromatic carbocycles. The molecule has 0 unspecified atom stereocenters. The van der Waals surface area contributed by atoms with Crippen LogP contribution in [0.15, 0.2) is 17.2 Å². The second kappa shape index (κ2) is 7.18. The zero-order valence-corrected chi connectivity index (χ0v) is 14.3. The van der Waals surface area contributed by atoms with Crippen molar-refractivity contribution in [2.45, 2.75) is 6.42 Å². The van der Waals surface area contributed by atoms with Crippen LogP contribution in [0, 0.1) is 5.92 Å². The standard InChI is InChI=1S/C14H17ClN2O5S/c1-21-12-6-9(5-11(15)13(12)22-2)7-16-17-14(18)10-3-4-23(19,20)8-10/h5-7,10H,3-4,8H2,1-2H3,(H,17,18)/b16-7-/t10-/m1/s1. The summed E-state index contributed by atoms with van der Waals surface area (Å²) in [5.41, 5.74) is 2.95. The van der Waals surface area contributed by atoms with Crippen LogP contribution < -0.4 is 14.9 Å². The average molecular weight is 361 g/mol. The van der Waals surface area contributed by atoms with Crippen LogP contribution in [-0.4, -0.2) is 46.3 Å². The number of carbonyl (C=O) groups excluding carboxylic acids is 1. The third-order valence-corrected chi connectivity index (χ3v) is 5.50. The molecule has 2 rings (SSSR count). The van der Waals surface area contributed by atoms with Gasteiger partial charge in [-0.15, -0.1) is 0 Å². The molecule has 0 saturated carbocycles. The highest BCUT2D eigenvalue weighted by Crippen LogP contribution is 2.35. The fourth-order valence-corrected chi connectivity index (χ4v) is 4.31. The molecule has 7 nitrogen and oxygen atoms in total. The topological polar surface area (TPSA) is 94.1 Å². The highest BCUT2D eigenvalue weighted by atomic mass is 35.5. The van der Waals surface area contributed by atoms with E-state index in [1.165, 1.54) is 20.4 Å². The summed E-state index contributed by atoms with van der Waals surface area (Å²) in [6, 6.07) is 3.26. The van der Waals surface area contributed by atoms with Crippen LogP contribution in [0.5, 0.6) is 11.5 Å². The van der Waals surface area contributed by atoms with Crippen LogP contribution in [0.4, 0.5) is 0 Å². The molecule has 1 atom stereocenters. The molecule has 0 spiro atoms. The van der Waals surface area contributed by atoms with Crippen molar-refractivity contribution in [3.8, 4) is 11.5 Å². The minimum absolute atomic E-state index is 0.0418. The number of hydrogen-bond donors (Lipinski definition) is 1. The highest BCUT2D eigenvalue weighted by molar-refractivity contribution is 7.91. The molecular formula is C14H17ClN2O5S. The molecule has 1 N–H and O–H groups in total. The van der Waals surface area contributed by atoms with Crippen molar-refractivity contribution in [2.75, 3.05) is 25.7 Å². The number of ether oxygens (including phenoxy) is 2. The van der Waals surface area contributed by atoms with Crippen molar-refractivity contribution in [3.05, 3.63) is 22.7 Å². The van der Waals surface area contributed by atoms with Gasteiger partial charge < -0.3 is 9.47 Å². The van der Waals surface area contributed by atoms with E-state index in [4.69, 9.17) is 21.1 Å². The molecule has 9 heteroatoms. The first kappa shape index (κ1) is 17.6. The van der Waals surface area contributed by atoms with Gasteiger partial charge >= 0.3 is 0 Å². The molecule has 1 amide bonds. The Hall–Kier alpha value is -1.80. The molecule has 1 saturated heterocycles. The summed E-state index contributed by atoms with van der Waals surface area (Å²) in [5.74, 6) is -0.197. The van der Waals surface area contributed by atoms with Crippen LogP contribution in [0.1, 0.15) is 12.0 Å². The van der Waals surface area contributed by atoms with E-state index in [2.05, 4.69) is 10.5 Å². The number of hydrazone groups is 1. The molecule has 0 aliphatic carbocycles. The summed E-state index contributed by atoms with van der Waals surface area (Å²) in [5, 5.41) is 4.18. The Kier molecular flexibility index (Phi) is 5.48. The maximum atomic E-state index is 11.9. The van der Waals surface area contributed by atoms with Crippen molar-refractivity contribution in [2.24, 2.45) is 11.0 Å². The zero-order valence-electron chi connectivity index (χ0n) is 12.7. The number of carbonyl (C=O) groups is 1. The molecular weight excluding hydrogens is 344 g/mol. The summed E-state index contributed by atoms with van der Waals surface area (Å²) < 4.78 is 33.0. The van der Waals surface area contributed by atoms with Gasteiger partial charge in [0.15, 0.2) is 21.3 Å². The minimum Gasteiger partial charge on any atom is -0.493 e. The number of amides is 1. The van der Waals surface area contributed by atoms with Crippen molar-refractivity contribution in [3.63, 3.8) is 0 Å². The quantitative estimate of drug-likeness (QED) is 0.629. The molecule has 1 aromatic rings. The number of nitrogens with zero attached hydrogens (tertiary/aromatic N) is 1. The third kappa shape index (κ3) is 4.35. The van der Waals surface area contributed by atoms with Gasteiger partial charge in [0, 0.05) is 0 Å². The zero-order chi connectivity index (χ0) is 17.0. The van der Waals surface area contributed by atoms with E-state index in [1.54, 1.807) is 12.1 Å². The average Bonchev–Trinajstić information content (AvgIpc) is 2.86. The van der Waals surface area contributed by atoms with Crippen LogP contribution in [0.3, 0.4) is 0 Å². The molecule has 1 fully saturated rings. The number of halogens is 1. The monoisotopic (exact) mass is 360 g/mol. The predicted molar refractivity (Wildman–Crippen MR) is 87.1 cm³/mol. The van der Waals surface area contributed by atoms with Gasteiger partial charge in [-0.3, -0.25) is 4.79 Å². The summed E-state index contributed by atoms with van der Waals surface area (Å²) in [4.78, 5) is 11.9. The van der Waals surface area contributed by atoms with E-state index in [0.29, 0.717) is 28.5 Å². The Labute approximate surface area is 139 Å². The first-order valence-electron chi connectivity index (χ1n) is 6.81. The molecule has 126 valence electrons. The summed E-state index contributed by atoms with van der Waals surface area (Å²) >= 11 is 6.07. The van der Waals surface area contributed by atoms with Gasteiger partial charge in [-0.05, 0) is 24.1 Å². The predicted octanol–water partition coefficient (Wildman–Crippen LogP) is 1.24. The number of hydrogen-bond acceptors (Lipinski definition) is 6. The fourth-order valence-electron chi connectivity index (χ4n) is 2.28. The Morgan fingerprint density at radius 3 is 2.70 bits per heavy atom. The van der Waals surface area contributed by atoms with Crippen LogP contribution in [0.25, 0.3) is 0 Å². The number of benzene rings is 1. The van der Waals surface area contributed by atoms with E-state index in [9.17, 15) is 13.2 Å². The maximum Gasteiger partial charge on any atom is 0.244 e. The van der Waals surface area contributed by atoms with Crippen molar-refractivity contribution in [1.82, 2.24) is 5.43 Å². The van der Waals surface area contributed by atoms with Gasteiger partial charge in [0.1, 0.15) is 0 Å². The number of methoxy groups -OCH3 is 2. The first-order chi connectivity index (χ1) is 10.9. The van der Waals surface area contributed by atoms with Crippen molar-refractivity contribution < 1.29 is 22.7 Å². The maximum absolute atomic E-state index is 11.9. The Morgan fingerprint density at radius 2 is 2.13 bits per heavy atom. The smallest absolute Gasteiger partial charge is 0.244 e. The lowest BCUT2D eigenvalue weighted by Crippen LogP contribution is -2.27. The van der Waals surface area contributed by atoms with E-state index >= 15 is 0 Å². The van der Waals surface area contributed by atoms with Gasteiger partial charge in [0.05, 0.1) is 42.9 Å². The Bertz CT molecular complexity index is 733. The normalized spacial score (nSPS) is 19.7. The third-order valence-electron chi connectivity index (χ3n) is 3.45. The molecule has 1 heterocycles. The molecule has 0 bridgehead atoms. The molecule has 1 aliphatic rings. The lowest BCUT2D eigenvalue weighted by atomic mass is 10.1. The van der Waals surface area contributed by atoms with Gasteiger partial charge in [-0.25, -0.2) is 13.8 Å². The van der Waals surface area contributed by atoms with E-state index in [0.717, 1.165) is 0 Å². The number of nitrogens with one attached hydrogen (secondary N) is 1. The number of rotatable bonds is 5. The molecule has 23 heavy (non-hydrogen) atoms. The van der Waals surface area contributed by atoms with E-state index in [-0.39, 0.29) is 11.5 Å². The van der Waals surface area contributed by atoms with Crippen LogP contribution >= 0.6 is 11.6 Å². The van der Waals surface area contributed by atoms with Crippen molar-refractivity contribution >= 4 is 33.6 Å². The number of sulfone groups is 1. The van der Waals surface area contributed by atoms with Gasteiger partial charge in [0.2, 0.25) is 5.91 Å². The van der Waals surface area contributed by atoms with Crippen LogP contribution in [-0.2, 0) is 14.6 Å². The molecule has 0 radical (unpaired) electrons. The second-order valence-corrected chi connectivity index (χ2v) is 7.71. The summed E-state index contributed by atoms with van der Waals surface area (Å²) in [6.07, 6.45) is 1.72. The van der Waals surface area contributed by atoms with Gasteiger partial charge in [-0.2, -0.15) is 5.10 Å². The fraction of sp³-hybridized carbons (Fsp3) is 0.429. The van der Waals surface area contributed by atoms with Crippen molar-refractivity contribution in [1.29, 1.82) is 0 Å². The lowest BCUT2D eigenvalue weighted by Gasteiger charge is -2.10. The van der Waals surface area contributed by atoms with Gasteiger partial charge in [0.25, 0.3) is 0 Å². The SMILES string of the molecule is COc1cc(/C=N\NC(=O)[C@@H]2CCS(=O)(=O)C2)cc(Cl)c1OC. The van der Waals surface area contributed by atoms with E-state index < -0.39 is 21.7 Å². The first-order valence-corrected chi connectivity index (χ1v) is 9.01.